The average molecular weight is 655 g/mol. The van der Waals surface area contributed by atoms with Crippen molar-refractivity contribution in [2.45, 2.75) is 6.42 Å². The minimum atomic E-state index is 0.576. The molecular weight excluding hydrogens is 625 g/mol. The molecule has 51 heavy (non-hydrogen) atoms. The molecular formula is C46H30N4O. The van der Waals surface area contributed by atoms with Crippen molar-refractivity contribution in [1.82, 2.24) is 19.5 Å². The highest BCUT2D eigenvalue weighted by molar-refractivity contribution is 6.13. The van der Waals surface area contributed by atoms with Crippen molar-refractivity contribution in [1.29, 1.82) is 0 Å². The second-order valence-electron chi connectivity index (χ2n) is 12.7. The molecule has 1 aliphatic rings. The summed E-state index contributed by atoms with van der Waals surface area (Å²) in [7, 11) is 0. The second kappa shape index (κ2) is 11.9. The molecule has 0 aliphatic heterocycles. The Labute approximate surface area is 294 Å². The monoisotopic (exact) mass is 654 g/mol. The molecule has 0 unspecified atom stereocenters. The van der Waals surface area contributed by atoms with Crippen molar-refractivity contribution < 1.29 is 4.42 Å². The highest BCUT2D eigenvalue weighted by atomic mass is 16.3. The van der Waals surface area contributed by atoms with Gasteiger partial charge in [0.2, 0.25) is 0 Å². The molecule has 240 valence electrons. The maximum Gasteiger partial charge on any atom is 0.167 e. The third kappa shape index (κ3) is 4.90. The first kappa shape index (κ1) is 29.1. The van der Waals surface area contributed by atoms with Crippen molar-refractivity contribution in [2.75, 3.05) is 0 Å². The van der Waals surface area contributed by atoms with E-state index >= 15 is 0 Å². The lowest BCUT2D eigenvalue weighted by atomic mass is 10.0. The first-order valence-electron chi connectivity index (χ1n) is 17.2. The molecule has 0 N–H and O–H groups in total. The van der Waals surface area contributed by atoms with Crippen LogP contribution in [0.4, 0.5) is 0 Å². The summed E-state index contributed by atoms with van der Waals surface area (Å²) in [4.78, 5) is 15.0. The number of hydrogen-bond donors (Lipinski definition) is 0. The Morgan fingerprint density at radius 3 is 1.82 bits per heavy atom. The molecule has 10 rings (SSSR count). The van der Waals surface area contributed by atoms with Gasteiger partial charge in [-0.25, -0.2) is 15.0 Å². The molecule has 0 atom stereocenters. The Balaban J connectivity index is 1.11. The van der Waals surface area contributed by atoms with Crippen LogP contribution in [0, 0.1) is 0 Å². The van der Waals surface area contributed by atoms with Gasteiger partial charge in [0.15, 0.2) is 17.5 Å². The number of nitrogens with zero attached hydrogens (tertiary/aromatic N) is 4. The highest BCUT2D eigenvalue weighted by Crippen LogP contribution is 2.40. The van der Waals surface area contributed by atoms with Crippen LogP contribution in [0.15, 0.2) is 174 Å². The maximum atomic E-state index is 6.85. The zero-order chi connectivity index (χ0) is 33.7. The zero-order valence-corrected chi connectivity index (χ0v) is 27.6. The van der Waals surface area contributed by atoms with E-state index in [9.17, 15) is 0 Å². The standard InChI is InChI=1S/C46H30N4O/c1-2-5-15-31(14-4-1)44-47-45(32-16-6-3-7-17-32)49-46(48-44)39-23-13-22-38-37-21-12-20-34(42(37)51-43(38)39)30-26-28-33(29-27-30)50-40-24-10-8-18-35(40)36-19-9-11-25-41(36)50/h1-4,6-29H,5H2. The summed E-state index contributed by atoms with van der Waals surface area (Å²) in [5.74, 6) is 1.84. The number of benzene rings is 6. The van der Waals surface area contributed by atoms with Gasteiger partial charge in [-0.15, -0.1) is 0 Å². The van der Waals surface area contributed by atoms with Crippen LogP contribution >= 0.6 is 0 Å². The maximum absolute atomic E-state index is 6.85. The predicted molar refractivity (Wildman–Crippen MR) is 209 cm³/mol. The van der Waals surface area contributed by atoms with Crippen molar-refractivity contribution in [3.8, 4) is 39.6 Å². The first-order valence-corrected chi connectivity index (χ1v) is 17.2. The van der Waals surface area contributed by atoms with Crippen LogP contribution in [0.25, 0.3) is 88.9 Å². The van der Waals surface area contributed by atoms with Gasteiger partial charge < -0.3 is 8.98 Å². The minimum Gasteiger partial charge on any atom is -0.455 e. The second-order valence-corrected chi connectivity index (χ2v) is 12.7. The lowest BCUT2D eigenvalue weighted by molar-refractivity contribution is 0.670. The first-order chi connectivity index (χ1) is 25.3. The molecule has 3 aromatic heterocycles. The lowest BCUT2D eigenvalue weighted by Gasteiger charge is -2.09. The number of aromatic nitrogens is 4. The van der Waals surface area contributed by atoms with Gasteiger partial charge in [-0.3, -0.25) is 0 Å². The van der Waals surface area contributed by atoms with E-state index in [2.05, 4.69) is 132 Å². The number of rotatable bonds is 5. The fourth-order valence-electron chi connectivity index (χ4n) is 7.30. The number of furan rings is 1. The van der Waals surface area contributed by atoms with Crippen LogP contribution in [-0.2, 0) is 0 Å². The van der Waals surface area contributed by atoms with E-state index in [0.29, 0.717) is 17.5 Å². The molecule has 6 aromatic carbocycles. The smallest absolute Gasteiger partial charge is 0.167 e. The van der Waals surface area contributed by atoms with Crippen LogP contribution in [0.1, 0.15) is 12.2 Å². The van der Waals surface area contributed by atoms with Crippen molar-refractivity contribution >= 4 is 49.3 Å². The van der Waals surface area contributed by atoms with Gasteiger partial charge in [0.25, 0.3) is 0 Å². The molecule has 0 fully saturated rings. The van der Waals surface area contributed by atoms with Crippen molar-refractivity contribution in [3.05, 3.63) is 176 Å². The van der Waals surface area contributed by atoms with E-state index < -0.39 is 0 Å². The number of allylic oxidation sites excluding steroid dienone is 6. The summed E-state index contributed by atoms with van der Waals surface area (Å²) in [6.07, 6.45) is 11.2. The minimum absolute atomic E-state index is 0.576. The molecule has 0 radical (unpaired) electrons. The Morgan fingerprint density at radius 2 is 1.08 bits per heavy atom. The summed E-state index contributed by atoms with van der Waals surface area (Å²) in [5, 5.41) is 4.57. The third-order valence-corrected chi connectivity index (χ3v) is 9.70. The van der Waals surface area contributed by atoms with Crippen LogP contribution in [0.5, 0.6) is 0 Å². The molecule has 0 spiro atoms. The fourth-order valence-corrected chi connectivity index (χ4v) is 7.30. The molecule has 1 aliphatic carbocycles. The fraction of sp³-hybridized carbons (Fsp3) is 0.0217. The Hall–Kier alpha value is -6.85. The Bertz CT molecular complexity index is 2820. The topological polar surface area (TPSA) is 56.7 Å². The van der Waals surface area contributed by atoms with Crippen LogP contribution in [-0.4, -0.2) is 19.5 Å². The lowest BCUT2D eigenvalue weighted by Crippen LogP contribution is -2.02. The molecule has 5 nitrogen and oxygen atoms in total. The molecule has 5 heteroatoms. The van der Waals surface area contributed by atoms with E-state index in [1.807, 2.05) is 42.5 Å². The van der Waals surface area contributed by atoms with E-state index in [1.165, 1.54) is 21.8 Å². The van der Waals surface area contributed by atoms with Gasteiger partial charge in [0.05, 0.1) is 16.6 Å². The van der Waals surface area contributed by atoms with E-state index in [0.717, 1.165) is 61.9 Å². The average Bonchev–Trinajstić information content (AvgIpc) is 3.61. The summed E-state index contributed by atoms with van der Waals surface area (Å²) < 4.78 is 9.19. The van der Waals surface area contributed by atoms with Crippen molar-refractivity contribution in [3.63, 3.8) is 0 Å². The quantitative estimate of drug-likeness (QED) is 0.185. The zero-order valence-electron chi connectivity index (χ0n) is 27.6. The van der Waals surface area contributed by atoms with Crippen LogP contribution in [0.2, 0.25) is 0 Å². The summed E-state index contributed by atoms with van der Waals surface area (Å²) >= 11 is 0. The predicted octanol–water partition coefficient (Wildman–Crippen LogP) is 11.8. The summed E-state index contributed by atoms with van der Waals surface area (Å²) in [6, 6.07) is 48.6. The van der Waals surface area contributed by atoms with E-state index in [4.69, 9.17) is 19.4 Å². The number of hydrogen-bond acceptors (Lipinski definition) is 4. The summed E-state index contributed by atoms with van der Waals surface area (Å²) in [5.41, 5.74) is 9.93. The highest BCUT2D eigenvalue weighted by Gasteiger charge is 2.20. The SMILES string of the molecule is C1=CCC=C(c2nc(-c3ccccc3)nc(-c3cccc4c3oc3c(-c5ccc(-n6c7ccccc7c7ccccc76)cc5)cccc34)n2)C=C1. The van der Waals surface area contributed by atoms with Gasteiger partial charge in [-0.1, -0.05) is 140 Å². The normalized spacial score (nSPS) is 13.0. The van der Waals surface area contributed by atoms with Gasteiger partial charge in [0, 0.05) is 43.9 Å². The molecule has 0 saturated heterocycles. The third-order valence-electron chi connectivity index (χ3n) is 9.70. The van der Waals surface area contributed by atoms with Crippen molar-refractivity contribution in [2.24, 2.45) is 0 Å². The summed E-state index contributed by atoms with van der Waals surface area (Å²) in [6.45, 7) is 0. The molecule has 0 bridgehead atoms. The molecule has 9 aromatic rings. The molecule has 0 amide bonds. The molecule has 0 saturated carbocycles. The molecule has 3 heterocycles. The van der Waals surface area contributed by atoms with Gasteiger partial charge >= 0.3 is 0 Å². The van der Waals surface area contributed by atoms with Crippen LogP contribution in [0.3, 0.4) is 0 Å². The van der Waals surface area contributed by atoms with Crippen LogP contribution < -0.4 is 0 Å². The van der Waals surface area contributed by atoms with Gasteiger partial charge in [-0.2, -0.15) is 0 Å². The van der Waals surface area contributed by atoms with E-state index in [-0.39, 0.29) is 0 Å². The van der Waals surface area contributed by atoms with Gasteiger partial charge in [-0.05, 0) is 42.3 Å². The number of fused-ring (bicyclic) bond motifs is 6. The largest absolute Gasteiger partial charge is 0.455 e. The Morgan fingerprint density at radius 1 is 0.471 bits per heavy atom. The van der Waals surface area contributed by atoms with Gasteiger partial charge in [0.1, 0.15) is 11.2 Å². The Kier molecular flexibility index (Phi) is 6.81. The number of para-hydroxylation sites is 4. The van der Waals surface area contributed by atoms with E-state index in [1.54, 1.807) is 0 Å².